The van der Waals surface area contributed by atoms with Crippen LogP contribution in [0.4, 0.5) is 20.3 Å². The molecular weight excluding hydrogens is 282 g/mol. The van der Waals surface area contributed by atoms with Gasteiger partial charge >= 0.3 is 0 Å². The second kappa shape index (κ2) is 5.09. The van der Waals surface area contributed by atoms with Gasteiger partial charge in [0.1, 0.15) is 17.5 Å². The summed E-state index contributed by atoms with van der Waals surface area (Å²) in [6, 6.07) is 7.52. The van der Waals surface area contributed by atoms with Gasteiger partial charge in [0.05, 0.1) is 10.6 Å². The molecule has 0 atom stereocenters. The van der Waals surface area contributed by atoms with Crippen molar-refractivity contribution in [1.82, 2.24) is 9.71 Å². The predicted molar refractivity (Wildman–Crippen MR) is 75.1 cm³/mol. The summed E-state index contributed by atoms with van der Waals surface area (Å²) in [5.74, 6) is -0.126. The summed E-state index contributed by atoms with van der Waals surface area (Å²) < 4.78 is 29.8. The quantitative estimate of drug-likeness (QED) is 0.820. The van der Waals surface area contributed by atoms with Crippen molar-refractivity contribution in [2.24, 2.45) is 4.99 Å². The standard InChI is InChI=1S/C13H10F2N4S/c1-19(11-4-2-3-5-16-11)13-17-10-7-8(14)6-9(15)12(10)20-18-13/h2-7H,1H3,(H,17,18). The van der Waals surface area contributed by atoms with E-state index in [1.807, 2.05) is 18.2 Å². The molecule has 0 amide bonds. The van der Waals surface area contributed by atoms with Crippen LogP contribution in [0.5, 0.6) is 0 Å². The Labute approximate surface area is 118 Å². The molecule has 0 spiro atoms. The van der Waals surface area contributed by atoms with E-state index in [2.05, 4.69) is 14.7 Å². The van der Waals surface area contributed by atoms with Gasteiger partial charge in [-0.3, -0.25) is 9.62 Å². The summed E-state index contributed by atoms with van der Waals surface area (Å²) in [6.07, 6.45) is 1.66. The summed E-state index contributed by atoms with van der Waals surface area (Å²) in [5, 5.41) is 0. The summed E-state index contributed by atoms with van der Waals surface area (Å²) in [7, 11) is 1.77. The van der Waals surface area contributed by atoms with Crippen molar-refractivity contribution in [3.8, 4) is 0 Å². The molecule has 7 heteroatoms. The number of pyridine rings is 1. The lowest BCUT2D eigenvalue weighted by Gasteiger charge is -2.24. The fourth-order valence-electron chi connectivity index (χ4n) is 1.77. The molecule has 1 aromatic carbocycles. The zero-order valence-electron chi connectivity index (χ0n) is 10.5. The van der Waals surface area contributed by atoms with Crippen LogP contribution in [-0.2, 0) is 0 Å². The van der Waals surface area contributed by atoms with Crippen molar-refractivity contribution in [2.45, 2.75) is 4.90 Å². The van der Waals surface area contributed by atoms with Crippen LogP contribution in [0, 0.1) is 11.6 Å². The van der Waals surface area contributed by atoms with Gasteiger partial charge in [0.15, 0.2) is 0 Å². The normalized spacial score (nSPS) is 13.2. The van der Waals surface area contributed by atoms with Crippen molar-refractivity contribution in [3.63, 3.8) is 0 Å². The third kappa shape index (κ3) is 2.32. The van der Waals surface area contributed by atoms with Gasteiger partial charge in [0.25, 0.3) is 0 Å². The molecule has 1 aliphatic heterocycles. The van der Waals surface area contributed by atoms with E-state index in [4.69, 9.17) is 0 Å². The van der Waals surface area contributed by atoms with Gasteiger partial charge in [-0.25, -0.2) is 18.8 Å². The second-order valence-electron chi connectivity index (χ2n) is 4.12. The third-order valence-electron chi connectivity index (χ3n) is 2.77. The molecule has 3 rings (SSSR count). The average molecular weight is 292 g/mol. The Balaban J connectivity index is 1.98. The van der Waals surface area contributed by atoms with E-state index in [9.17, 15) is 8.78 Å². The smallest absolute Gasteiger partial charge is 0.215 e. The van der Waals surface area contributed by atoms with Crippen LogP contribution in [-0.4, -0.2) is 18.0 Å². The summed E-state index contributed by atoms with van der Waals surface area (Å²) in [4.78, 5) is 10.4. The Bertz CT molecular complexity index is 676. The highest BCUT2D eigenvalue weighted by Gasteiger charge is 2.20. The molecule has 0 bridgehead atoms. The van der Waals surface area contributed by atoms with Gasteiger partial charge in [0, 0.05) is 25.4 Å². The number of aromatic nitrogens is 1. The Kier molecular flexibility index (Phi) is 3.27. The number of hydrogen-bond acceptors (Lipinski definition) is 5. The number of nitrogens with one attached hydrogen (secondary N) is 1. The predicted octanol–water partition coefficient (Wildman–Crippen LogP) is 3.09. The Morgan fingerprint density at radius 1 is 1.25 bits per heavy atom. The molecular formula is C13H10F2N4S. The molecule has 1 N–H and O–H groups in total. The fraction of sp³-hybridized carbons (Fsp3) is 0.0769. The first-order valence-electron chi connectivity index (χ1n) is 5.80. The van der Waals surface area contributed by atoms with Gasteiger partial charge in [-0.1, -0.05) is 6.07 Å². The van der Waals surface area contributed by atoms with Gasteiger partial charge < -0.3 is 0 Å². The largest absolute Gasteiger partial charge is 0.299 e. The number of guanidine groups is 1. The number of anilines is 1. The second-order valence-corrected chi connectivity index (χ2v) is 4.94. The maximum absolute atomic E-state index is 13.6. The maximum atomic E-state index is 13.6. The van der Waals surface area contributed by atoms with E-state index in [1.54, 1.807) is 18.1 Å². The number of fused-ring (bicyclic) bond motifs is 1. The van der Waals surface area contributed by atoms with Crippen LogP contribution in [0.25, 0.3) is 0 Å². The minimum Gasteiger partial charge on any atom is -0.299 e. The van der Waals surface area contributed by atoms with E-state index in [0.717, 1.165) is 18.0 Å². The van der Waals surface area contributed by atoms with Crippen molar-refractivity contribution < 1.29 is 8.78 Å². The molecule has 0 aliphatic carbocycles. The average Bonchev–Trinajstić information content (AvgIpc) is 2.46. The summed E-state index contributed by atoms with van der Waals surface area (Å²) in [6.45, 7) is 0. The zero-order chi connectivity index (χ0) is 14.1. The molecule has 1 aromatic heterocycles. The van der Waals surface area contributed by atoms with Crippen LogP contribution in [0.2, 0.25) is 0 Å². The van der Waals surface area contributed by atoms with E-state index < -0.39 is 11.6 Å². The van der Waals surface area contributed by atoms with Gasteiger partial charge in [-0.2, -0.15) is 0 Å². The van der Waals surface area contributed by atoms with Crippen LogP contribution in [0.1, 0.15) is 0 Å². The Morgan fingerprint density at radius 2 is 2.10 bits per heavy atom. The van der Waals surface area contributed by atoms with Crippen LogP contribution < -0.4 is 9.62 Å². The number of rotatable bonds is 1. The molecule has 0 saturated heterocycles. The SMILES string of the molecule is CN(C1=Nc2cc(F)cc(F)c2SN1)c1ccccn1. The molecule has 102 valence electrons. The topological polar surface area (TPSA) is 40.5 Å². The first-order valence-corrected chi connectivity index (χ1v) is 6.62. The van der Waals surface area contributed by atoms with Crippen molar-refractivity contribution in [2.75, 3.05) is 11.9 Å². The van der Waals surface area contributed by atoms with E-state index in [0.29, 0.717) is 11.8 Å². The van der Waals surface area contributed by atoms with Crippen molar-refractivity contribution >= 4 is 29.4 Å². The van der Waals surface area contributed by atoms with Gasteiger partial charge in [-0.15, -0.1) is 0 Å². The van der Waals surface area contributed by atoms with Crippen LogP contribution >= 0.6 is 11.9 Å². The van der Waals surface area contributed by atoms with Crippen molar-refractivity contribution in [1.29, 1.82) is 0 Å². The molecule has 1 aliphatic rings. The summed E-state index contributed by atoms with van der Waals surface area (Å²) in [5.41, 5.74) is 0.268. The Morgan fingerprint density at radius 3 is 2.85 bits per heavy atom. The lowest BCUT2D eigenvalue weighted by molar-refractivity contribution is 0.566. The fourth-order valence-corrected chi connectivity index (χ4v) is 2.51. The molecule has 2 heterocycles. The molecule has 4 nitrogen and oxygen atoms in total. The molecule has 0 fully saturated rings. The van der Waals surface area contributed by atoms with Crippen molar-refractivity contribution in [3.05, 3.63) is 48.2 Å². The highest BCUT2D eigenvalue weighted by Crippen LogP contribution is 2.35. The molecule has 0 unspecified atom stereocenters. The minimum absolute atomic E-state index is 0.268. The maximum Gasteiger partial charge on any atom is 0.215 e. The number of halogens is 2. The summed E-state index contributed by atoms with van der Waals surface area (Å²) >= 11 is 1.06. The third-order valence-corrected chi connectivity index (χ3v) is 3.66. The number of aliphatic imine (C=N–C) groups is 1. The highest BCUT2D eigenvalue weighted by atomic mass is 32.2. The molecule has 2 aromatic rings. The van der Waals surface area contributed by atoms with E-state index in [-0.39, 0.29) is 10.6 Å². The molecule has 20 heavy (non-hydrogen) atoms. The van der Waals surface area contributed by atoms with Crippen LogP contribution in [0.15, 0.2) is 46.4 Å². The molecule has 0 saturated carbocycles. The zero-order valence-corrected chi connectivity index (χ0v) is 11.3. The first kappa shape index (κ1) is 12.9. The lowest BCUT2D eigenvalue weighted by atomic mass is 10.3. The first-order chi connectivity index (χ1) is 9.65. The van der Waals surface area contributed by atoms with Crippen LogP contribution in [0.3, 0.4) is 0 Å². The van der Waals surface area contributed by atoms with Gasteiger partial charge in [0.2, 0.25) is 5.96 Å². The lowest BCUT2D eigenvalue weighted by Crippen LogP contribution is -2.37. The number of hydrogen-bond donors (Lipinski definition) is 1. The number of benzene rings is 1. The minimum atomic E-state index is -0.646. The van der Waals surface area contributed by atoms with Gasteiger partial charge in [-0.05, 0) is 24.1 Å². The number of nitrogens with zero attached hydrogens (tertiary/aromatic N) is 3. The molecule has 0 radical (unpaired) electrons. The van der Waals surface area contributed by atoms with E-state index in [1.165, 1.54) is 6.07 Å². The highest BCUT2D eigenvalue weighted by molar-refractivity contribution is 7.98. The monoisotopic (exact) mass is 292 g/mol. The van der Waals surface area contributed by atoms with E-state index >= 15 is 0 Å². The Hall–Kier alpha value is -2.15.